The van der Waals surface area contributed by atoms with Crippen molar-refractivity contribution >= 4 is 5.65 Å². The fourth-order valence-corrected chi connectivity index (χ4v) is 3.15. The summed E-state index contributed by atoms with van der Waals surface area (Å²) in [5, 5.41) is 8.09. The normalized spacial score (nSPS) is 18.4. The first-order chi connectivity index (χ1) is 9.42. The number of hydrogen-bond acceptors (Lipinski definition) is 2. The fraction of sp³-hybridized carbons (Fsp3) is 0.250. The number of rotatable bonds is 1. The summed E-state index contributed by atoms with van der Waals surface area (Å²) in [6.07, 6.45) is 7.50. The molecule has 2 aromatic heterocycles. The molecular formula is C16H15N3. The summed E-state index contributed by atoms with van der Waals surface area (Å²) in [4.78, 5) is 0. The van der Waals surface area contributed by atoms with Gasteiger partial charge in [-0.25, -0.2) is 0 Å². The first-order valence-corrected chi connectivity index (χ1v) is 6.79. The molecule has 94 valence electrons. The highest BCUT2D eigenvalue weighted by atomic mass is 15.2. The number of pyridine rings is 1. The maximum absolute atomic E-state index is 4.14. The zero-order valence-electron chi connectivity index (χ0n) is 10.7. The topological polar surface area (TPSA) is 30.2 Å². The summed E-state index contributed by atoms with van der Waals surface area (Å²) in [5.41, 5.74) is 5.27. The highest BCUT2D eigenvalue weighted by Crippen LogP contribution is 2.36. The van der Waals surface area contributed by atoms with Crippen LogP contribution in [0.2, 0.25) is 0 Å². The molecule has 0 amide bonds. The van der Waals surface area contributed by atoms with E-state index in [4.69, 9.17) is 0 Å². The lowest BCUT2D eigenvalue weighted by atomic mass is 9.79. The fourth-order valence-electron chi connectivity index (χ4n) is 3.15. The minimum absolute atomic E-state index is 0.506. The lowest BCUT2D eigenvalue weighted by Gasteiger charge is -2.25. The monoisotopic (exact) mass is 249 g/mol. The Kier molecular flexibility index (Phi) is 2.37. The predicted octanol–water partition coefficient (Wildman–Crippen LogP) is 3.20. The van der Waals surface area contributed by atoms with Crippen LogP contribution in [0.4, 0.5) is 0 Å². The lowest BCUT2D eigenvalue weighted by molar-refractivity contribution is 0.615. The average Bonchev–Trinajstić information content (AvgIpc) is 2.94. The predicted molar refractivity (Wildman–Crippen MR) is 74.2 cm³/mol. The molecule has 0 radical (unpaired) electrons. The molecule has 0 fully saturated rings. The van der Waals surface area contributed by atoms with E-state index in [9.17, 15) is 0 Å². The van der Waals surface area contributed by atoms with Crippen LogP contribution >= 0.6 is 0 Å². The highest BCUT2D eigenvalue weighted by Gasteiger charge is 2.21. The van der Waals surface area contributed by atoms with Crippen LogP contribution in [-0.2, 0) is 6.42 Å². The molecule has 0 bridgehead atoms. The number of hydrogen-bond donors (Lipinski definition) is 0. The molecule has 2 heterocycles. The summed E-state index contributed by atoms with van der Waals surface area (Å²) in [5.74, 6) is 0.506. The smallest absolute Gasteiger partial charge is 0.160 e. The number of aromatic nitrogens is 3. The molecule has 19 heavy (non-hydrogen) atoms. The van der Waals surface area contributed by atoms with E-state index < -0.39 is 0 Å². The minimum atomic E-state index is 0.506. The second-order valence-electron chi connectivity index (χ2n) is 5.20. The van der Waals surface area contributed by atoms with Gasteiger partial charge in [0.2, 0.25) is 0 Å². The Morgan fingerprint density at radius 2 is 2.11 bits per heavy atom. The largest absolute Gasteiger partial charge is 0.289 e. The molecule has 0 saturated heterocycles. The molecule has 0 aliphatic heterocycles. The van der Waals surface area contributed by atoms with Crippen molar-refractivity contribution in [1.82, 2.24) is 14.6 Å². The van der Waals surface area contributed by atoms with Gasteiger partial charge in [0.15, 0.2) is 5.65 Å². The van der Waals surface area contributed by atoms with Crippen LogP contribution in [0.25, 0.3) is 5.65 Å². The molecule has 3 aromatic rings. The van der Waals surface area contributed by atoms with Gasteiger partial charge in [-0.3, -0.25) is 4.40 Å². The van der Waals surface area contributed by atoms with E-state index in [0.29, 0.717) is 5.92 Å². The van der Waals surface area contributed by atoms with E-state index in [2.05, 4.69) is 52.8 Å². The third kappa shape index (κ3) is 1.73. The van der Waals surface area contributed by atoms with E-state index in [1.807, 2.05) is 4.40 Å². The molecule has 1 aliphatic rings. The van der Waals surface area contributed by atoms with Crippen molar-refractivity contribution in [2.24, 2.45) is 0 Å². The van der Waals surface area contributed by atoms with E-state index in [0.717, 1.165) is 5.65 Å². The van der Waals surface area contributed by atoms with Crippen LogP contribution < -0.4 is 0 Å². The first-order valence-electron chi connectivity index (χ1n) is 6.79. The van der Waals surface area contributed by atoms with Crippen molar-refractivity contribution in [2.45, 2.75) is 25.2 Å². The maximum atomic E-state index is 4.14. The zero-order valence-corrected chi connectivity index (χ0v) is 10.7. The van der Waals surface area contributed by atoms with Crippen molar-refractivity contribution in [3.8, 4) is 0 Å². The van der Waals surface area contributed by atoms with Gasteiger partial charge in [0.25, 0.3) is 0 Å². The van der Waals surface area contributed by atoms with Gasteiger partial charge in [0.1, 0.15) is 6.33 Å². The Hall–Kier alpha value is -2.16. The summed E-state index contributed by atoms with van der Waals surface area (Å²) < 4.78 is 1.96. The highest BCUT2D eigenvalue weighted by molar-refractivity contribution is 5.46. The third-order valence-corrected chi connectivity index (χ3v) is 4.10. The molecule has 0 saturated carbocycles. The second kappa shape index (κ2) is 4.19. The molecule has 1 atom stereocenters. The van der Waals surface area contributed by atoms with Gasteiger partial charge in [-0.15, -0.1) is 10.2 Å². The minimum Gasteiger partial charge on any atom is -0.289 e. The Morgan fingerprint density at radius 3 is 3.11 bits per heavy atom. The average molecular weight is 249 g/mol. The number of aryl methyl sites for hydroxylation is 1. The second-order valence-corrected chi connectivity index (χ2v) is 5.20. The Balaban J connectivity index is 1.84. The molecule has 3 heteroatoms. The summed E-state index contributed by atoms with van der Waals surface area (Å²) in [6.45, 7) is 0. The molecule has 1 aromatic carbocycles. The maximum Gasteiger partial charge on any atom is 0.160 e. The summed E-state index contributed by atoms with van der Waals surface area (Å²) in [6, 6.07) is 13.2. The summed E-state index contributed by atoms with van der Waals surface area (Å²) in [7, 11) is 0. The van der Waals surface area contributed by atoms with Crippen LogP contribution in [0.1, 0.15) is 35.4 Å². The van der Waals surface area contributed by atoms with Crippen LogP contribution in [0.15, 0.2) is 48.9 Å². The number of fused-ring (bicyclic) bond motifs is 2. The van der Waals surface area contributed by atoms with E-state index in [-0.39, 0.29) is 0 Å². The van der Waals surface area contributed by atoms with Crippen molar-refractivity contribution in [1.29, 1.82) is 0 Å². The van der Waals surface area contributed by atoms with Gasteiger partial charge in [-0.2, -0.15) is 0 Å². The van der Waals surface area contributed by atoms with Gasteiger partial charge >= 0.3 is 0 Å². The molecule has 0 N–H and O–H groups in total. The van der Waals surface area contributed by atoms with Gasteiger partial charge in [-0.1, -0.05) is 24.3 Å². The van der Waals surface area contributed by atoms with Crippen LogP contribution in [0.3, 0.4) is 0 Å². The SMILES string of the molecule is c1ccc2c(c1)CCCC2c1ccn2cnnc2c1. The molecular weight excluding hydrogens is 234 g/mol. The number of nitrogens with zero attached hydrogens (tertiary/aromatic N) is 3. The Morgan fingerprint density at radius 1 is 1.16 bits per heavy atom. The van der Waals surface area contributed by atoms with Gasteiger partial charge < -0.3 is 0 Å². The quantitative estimate of drug-likeness (QED) is 0.663. The zero-order chi connectivity index (χ0) is 12.7. The number of benzene rings is 1. The van der Waals surface area contributed by atoms with Crippen molar-refractivity contribution in [3.05, 3.63) is 65.6 Å². The lowest BCUT2D eigenvalue weighted by Crippen LogP contribution is -2.11. The van der Waals surface area contributed by atoms with Crippen LogP contribution in [0, 0.1) is 0 Å². The summed E-state index contributed by atoms with van der Waals surface area (Å²) >= 11 is 0. The molecule has 0 spiro atoms. The first kappa shape index (κ1) is 10.7. The van der Waals surface area contributed by atoms with Gasteiger partial charge in [0.05, 0.1) is 0 Å². The third-order valence-electron chi connectivity index (χ3n) is 4.10. The Bertz CT molecular complexity index is 729. The van der Waals surface area contributed by atoms with E-state index >= 15 is 0 Å². The van der Waals surface area contributed by atoms with Crippen LogP contribution in [-0.4, -0.2) is 14.6 Å². The molecule has 1 unspecified atom stereocenters. The van der Waals surface area contributed by atoms with Gasteiger partial charge in [0, 0.05) is 12.1 Å². The van der Waals surface area contributed by atoms with Crippen molar-refractivity contribution < 1.29 is 0 Å². The van der Waals surface area contributed by atoms with Gasteiger partial charge in [-0.05, 0) is 48.1 Å². The standard InChI is InChI=1S/C16H15N3/c1-2-6-14-12(4-1)5-3-7-15(14)13-8-9-19-11-17-18-16(19)10-13/h1-2,4,6,8-11,15H,3,5,7H2. The molecule has 3 nitrogen and oxygen atoms in total. The van der Waals surface area contributed by atoms with E-state index in [1.54, 1.807) is 6.33 Å². The van der Waals surface area contributed by atoms with Crippen LogP contribution in [0.5, 0.6) is 0 Å². The van der Waals surface area contributed by atoms with Crippen molar-refractivity contribution in [3.63, 3.8) is 0 Å². The Labute approximate surface area is 111 Å². The van der Waals surface area contributed by atoms with E-state index in [1.165, 1.54) is 36.0 Å². The molecule has 4 rings (SSSR count). The molecule has 1 aliphatic carbocycles. The van der Waals surface area contributed by atoms with Crippen molar-refractivity contribution in [2.75, 3.05) is 0 Å².